The minimum absolute atomic E-state index is 0.0191. The molecule has 2 N–H and O–H groups in total. The molecule has 0 heterocycles. The number of hydrogen-bond donors (Lipinski definition) is 2. The monoisotopic (exact) mass is 424 g/mol. The zero-order valence-electron chi connectivity index (χ0n) is 18.7. The molecular formula is C28H28N2O2. The van der Waals surface area contributed by atoms with Gasteiger partial charge >= 0.3 is 0 Å². The van der Waals surface area contributed by atoms with Crippen molar-refractivity contribution in [1.29, 1.82) is 0 Å². The Morgan fingerprint density at radius 3 is 2.16 bits per heavy atom. The minimum Gasteiger partial charge on any atom is -0.326 e. The van der Waals surface area contributed by atoms with E-state index < -0.39 is 0 Å². The average Bonchev–Trinajstić information content (AvgIpc) is 2.78. The first-order valence-electron chi connectivity index (χ1n) is 11.0. The molecule has 4 aromatic rings. The van der Waals surface area contributed by atoms with E-state index in [1.807, 2.05) is 87.5 Å². The van der Waals surface area contributed by atoms with Gasteiger partial charge in [-0.2, -0.15) is 0 Å². The first kappa shape index (κ1) is 21.6. The number of rotatable bonds is 6. The third-order valence-electron chi connectivity index (χ3n) is 5.71. The van der Waals surface area contributed by atoms with Gasteiger partial charge in [-0.1, -0.05) is 81.4 Å². The molecular weight excluding hydrogens is 396 g/mol. The highest BCUT2D eigenvalue weighted by Crippen LogP contribution is 2.28. The summed E-state index contributed by atoms with van der Waals surface area (Å²) in [6.07, 6.45) is 0.578. The maximum Gasteiger partial charge on any atom is 0.227 e. The predicted octanol–water partition coefficient (Wildman–Crippen LogP) is 6.40. The van der Waals surface area contributed by atoms with Crippen LogP contribution in [0.4, 0.5) is 11.4 Å². The molecule has 0 aliphatic rings. The van der Waals surface area contributed by atoms with Crippen LogP contribution in [0, 0.1) is 11.8 Å². The molecule has 4 nitrogen and oxygen atoms in total. The number of benzene rings is 4. The van der Waals surface area contributed by atoms with E-state index in [1.54, 1.807) is 0 Å². The summed E-state index contributed by atoms with van der Waals surface area (Å²) in [5, 5.41) is 10.4. The first-order valence-corrected chi connectivity index (χ1v) is 11.0. The van der Waals surface area contributed by atoms with Gasteiger partial charge in [0.05, 0.1) is 0 Å². The number of nitrogens with one attached hydrogen (secondary N) is 2. The van der Waals surface area contributed by atoms with E-state index in [1.165, 1.54) is 0 Å². The number of carbonyl (C=O) groups is 2. The van der Waals surface area contributed by atoms with Crippen molar-refractivity contribution in [3.05, 3.63) is 84.4 Å². The summed E-state index contributed by atoms with van der Waals surface area (Å²) in [5.74, 6) is -0.379. The fraction of sp³-hybridized carbons (Fsp3) is 0.214. The number of hydrogen-bond acceptors (Lipinski definition) is 2. The third kappa shape index (κ3) is 4.80. The van der Waals surface area contributed by atoms with Gasteiger partial charge in [0.15, 0.2) is 0 Å². The fourth-order valence-electron chi connectivity index (χ4n) is 3.85. The lowest BCUT2D eigenvalue weighted by Crippen LogP contribution is -2.22. The third-order valence-corrected chi connectivity index (χ3v) is 5.71. The number of carbonyl (C=O) groups excluding carboxylic acids is 2. The average molecular weight is 425 g/mol. The molecule has 0 fully saturated rings. The molecule has 0 radical (unpaired) electrons. The van der Waals surface area contributed by atoms with Crippen molar-refractivity contribution in [2.24, 2.45) is 11.8 Å². The van der Waals surface area contributed by atoms with Crippen LogP contribution in [0.1, 0.15) is 26.3 Å². The molecule has 1 unspecified atom stereocenters. The van der Waals surface area contributed by atoms with Gasteiger partial charge in [0.25, 0.3) is 0 Å². The van der Waals surface area contributed by atoms with Crippen molar-refractivity contribution in [1.82, 2.24) is 0 Å². The first-order chi connectivity index (χ1) is 15.4. The number of fused-ring (bicyclic) bond motifs is 2. The zero-order valence-corrected chi connectivity index (χ0v) is 18.7. The van der Waals surface area contributed by atoms with Gasteiger partial charge in [0.1, 0.15) is 0 Å². The van der Waals surface area contributed by atoms with Crippen LogP contribution in [0.15, 0.2) is 78.9 Å². The summed E-state index contributed by atoms with van der Waals surface area (Å²) in [7, 11) is 0. The van der Waals surface area contributed by atoms with Gasteiger partial charge in [-0.05, 0) is 46.3 Å². The number of anilines is 2. The molecule has 0 spiro atoms. The number of amides is 2. The summed E-state index contributed by atoms with van der Waals surface area (Å²) < 4.78 is 0. The van der Waals surface area contributed by atoms with Crippen molar-refractivity contribution in [2.45, 2.75) is 27.2 Å². The Bertz CT molecular complexity index is 1290. The molecule has 4 heteroatoms. The quantitative estimate of drug-likeness (QED) is 0.376. The molecule has 0 aliphatic heterocycles. The molecule has 162 valence electrons. The lowest BCUT2D eigenvalue weighted by molar-refractivity contribution is -0.120. The van der Waals surface area contributed by atoms with Crippen molar-refractivity contribution >= 4 is 44.7 Å². The topological polar surface area (TPSA) is 58.2 Å². The Labute approximate surface area is 188 Å². The van der Waals surface area contributed by atoms with Gasteiger partial charge in [-0.15, -0.1) is 0 Å². The summed E-state index contributed by atoms with van der Waals surface area (Å²) in [6, 6.07) is 26.1. The Morgan fingerprint density at radius 2 is 1.41 bits per heavy atom. The summed E-state index contributed by atoms with van der Waals surface area (Å²) in [5.41, 5.74) is 2.60. The molecule has 0 saturated carbocycles. The van der Waals surface area contributed by atoms with Crippen molar-refractivity contribution in [2.75, 3.05) is 10.6 Å². The van der Waals surface area contributed by atoms with Crippen LogP contribution < -0.4 is 10.6 Å². The second-order valence-corrected chi connectivity index (χ2v) is 8.66. The van der Waals surface area contributed by atoms with Crippen LogP contribution in [0.2, 0.25) is 0 Å². The van der Waals surface area contributed by atoms with E-state index in [9.17, 15) is 9.59 Å². The lowest BCUT2D eigenvalue weighted by atomic mass is 9.96. The molecule has 0 saturated heterocycles. The van der Waals surface area contributed by atoms with E-state index in [2.05, 4.69) is 22.8 Å². The molecule has 0 aliphatic carbocycles. The Hall–Kier alpha value is -3.66. The maximum atomic E-state index is 12.9. The molecule has 4 rings (SSSR count). The molecule has 0 bridgehead atoms. The van der Waals surface area contributed by atoms with Gasteiger partial charge in [-0.3, -0.25) is 9.59 Å². The van der Waals surface area contributed by atoms with E-state index in [-0.39, 0.29) is 23.7 Å². The van der Waals surface area contributed by atoms with Crippen molar-refractivity contribution < 1.29 is 9.59 Å². The second-order valence-electron chi connectivity index (χ2n) is 8.66. The zero-order chi connectivity index (χ0) is 22.7. The van der Waals surface area contributed by atoms with Crippen LogP contribution in [0.25, 0.3) is 21.5 Å². The minimum atomic E-state index is -0.226. The van der Waals surface area contributed by atoms with Crippen LogP contribution in [0.5, 0.6) is 0 Å². The smallest absolute Gasteiger partial charge is 0.227 e. The summed E-state index contributed by atoms with van der Waals surface area (Å²) >= 11 is 0. The van der Waals surface area contributed by atoms with Crippen molar-refractivity contribution in [3.8, 4) is 0 Å². The molecule has 2 amide bonds. The van der Waals surface area contributed by atoms with Gasteiger partial charge in [-0.25, -0.2) is 0 Å². The molecule has 32 heavy (non-hydrogen) atoms. The van der Waals surface area contributed by atoms with E-state index in [4.69, 9.17) is 0 Å². The second kappa shape index (κ2) is 9.23. The Morgan fingerprint density at radius 1 is 0.719 bits per heavy atom. The largest absolute Gasteiger partial charge is 0.326 e. The normalized spacial score (nSPS) is 12.1. The molecule has 0 aromatic heterocycles. The highest BCUT2D eigenvalue weighted by molar-refractivity contribution is 6.03. The van der Waals surface area contributed by atoms with Crippen LogP contribution >= 0.6 is 0 Å². The Kier molecular flexibility index (Phi) is 6.22. The molecule has 1 atom stereocenters. The van der Waals surface area contributed by atoms with Gasteiger partial charge in [0.2, 0.25) is 11.8 Å². The summed E-state index contributed by atoms with van der Waals surface area (Å²) in [4.78, 5) is 25.2. The van der Waals surface area contributed by atoms with Crippen LogP contribution in [-0.2, 0) is 16.0 Å². The molecule has 4 aromatic carbocycles. The predicted molar refractivity (Wildman–Crippen MR) is 133 cm³/mol. The lowest BCUT2D eigenvalue weighted by Gasteiger charge is -2.16. The highest BCUT2D eigenvalue weighted by Gasteiger charge is 2.16. The standard InChI is InChI=1S/C28H28N2O2/c1-18(2)27(31)30-26-16-20(15-23-10-6-7-11-25(23)26)14-19(3)28(32)29-24-13-12-21-8-4-5-9-22(21)17-24/h4-13,15-19H,14H2,1-3H3,(H,29,32)(H,30,31). The van der Waals surface area contributed by atoms with Gasteiger partial charge < -0.3 is 10.6 Å². The Balaban J connectivity index is 1.53. The van der Waals surface area contributed by atoms with Crippen LogP contribution in [-0.4, -0.2) is 11.8 Å². The SMILES string of the molecule is CC(C)C(=O)Nc1cc(CC(C)C(=O)Nc2ccc3ccccc3c2)cc2ccccc12. The van der Waals surface area contributed by atoms with E-state index in [0.29, 0.717) is 6.42 Å². The van der Waals surface area contributed by atoms with Crippen molar-refractivity contribution in [3.63, 3.8) is 0 Å². The highest BCUT2D eigenvalue weighted by atomic mass is 16.2. The van der Waals surface area contributed by atoms with E-state index in [0.717, 1.165) is 38.5 Å². The maximum absolute atomic E-state index is 12.9. The fourth-order valence-corrected chi connectivity index (χ4v) is 3.85. The van der Waals surface area contributed by atoms with Crippen LogP contribution in [0.3, 0.4) is 0 Å². The van der Waals surface area contributed by atoms with Gasteiger partial charge in [0, 0.05) is 28.6 Å². The van der Waals surface area contributed by atoms with E-state index >= 15 is 0 Å². The summed E-state index contributed by atoms with van der Waals surface area (Å²) in [6.45, 7) is 5.68.